The number of rotatable bonds is 3. The van der Waals surface area contributed by atoms with Crippen molar-refractivity contribution in [3.05, 3.63) is 61.1 Å². The van der Waals surface area contributed by atoms with Crippen LogP contribution in [0.1, 0.15) is 12.5 Å². The lowest BCUT2D eigenvalue weighted by Gasteiger charge is -2.03. The minimum absolute atomic E-state index is 0.800. The van der Waals surface area contributed by atoms with E-state index in [0.29, 0.717) is 0 Å². The maximum absolute atomic E-state index is 4.34. The molecule has 0 spiro atoms. The third-order valence-corrected chi connectivity index (χ3v) is 2.33. The number of benzene rings is 1. The molecule has 1 aromatic carbocycles. The van der Waals surface area contributed by atoms with Crippen molar-refractivity contribution in [1.82, 2.24) is 9.97 Å². The average Bonchev–Trinajstić information content (AvgIpc) is 2.40. The number of allylic oxidation sites excluding steroid dienone is 2. The van der Waals surface area contributed by atoms with E-state index < -0.39 is 0 Å². The Balaban J connectivity index is 2.65. The Hall–Kier alpha value is -2.29. The van der Waals surface area contributed by atoms with Crippen LogP contribution < -0.4 is 0 Å². The first kappa shape index (κ1) is 11.2. The Morgan fingerprint density at radius 1 is 1.29 bits per heavy atom. The van der Waals surface area contributed by atoms with Crippen molar-refractivity contribution in [2.75, 3.05) is 0 Å². The van der Waals surface area contributed by atoms with Gasteiger partial charge < -0.3 is 0 Å². The highest BCUT2D eigenvalue weighted by atomic mass is 14.8. The molecule has 17 heavy (non-hydrogen) atoms. The molecule has 3 nitrogen and oxygen atoms in total. The van der Waals surface area contributed by atoms with Gasteiger partial charge in [0.15, 0.2) is 0 Å². The fraction of sp³-hybridized carbons (Fsp3) is 0.0714. The molecule has 0 bridgehead atoms. The SMILES string of the molecule is C=CC(=N/C=C\C)c1cccc2nccnc12. The largest absolute Gasteiger partial charge is 0.257 e. The minimum atomic E-state index is 0.800. The predicted molar refractivity (Wildman–Crippen MR) is 71.1 cm³/mol. The van der Waals surface area contributed by atoms with Crippen LogP contribution in [-0.2, 0) is 0 Å². The van der Waals surface area contributed by atoms with Gasteiger partial charge in [-0.25, -0.2) is 0 Å². The first-order valence-corrected chi connectivity index (χ1v) is 5.38. The summed E-state index contributed by atoms with van der Waals surface area (Å²) in [4.78, 5) is 12.9. The average molecular weight is 223 g/mol. The van der Waals surface area contributed by atoms with Gasteiger partial charge in [0.25, 0.3) is 0 Å². The van der Waals surface area contributed by atoms with Gasteiger partial charge in [-0.3, -0.25) is 15.0 Å². The van der Waals surface area contributed by atoms with Crippen LogP contribution in [0.2, 0.25) is 0 Å². The summed E-state index contributed by atoms with van der Waals surface area (Å²) in [6, 6.07) is 5.85. The van der Waals surface area contributed by atoms with Crippen LogP contribution in [0, 0.1) is 0 Å². The van der Waals surface area contributed by atoms with Crippen LogP contribution in [0.25, 0.3) is 11.0 Å². The molecule has 0 N–H and O–H groups in total. The summed E-state index contributed by atoms with van der Waals surface area (Å²) in [7, 11) is 0. The molecule has 84 valence electrons. The van der Waals surface area contributed by atoms with Gasteiger partial charge in [0.1, 0.15) is 0 Å². The van der Waals surface area contributed by atoms with Gasteiger partial charge >= 0.3 is 0 Å². The summed E-state index contributed by atoms with van der Waals surface area (Å²) >= 11 is 0. The van der Waals surface area contributed by atoms with E-state index in [1.807, 2.05) is 31.2 Å². The molecule has 2 aromatic rings. The topological polar surface area (TPSA) is 38.1 Å². The standard InChI is InChI=1S/C14H13N3/c1-3-8-15-12(4-2)11-6-5-7-13-14(11)17-10-9-16-13/h3-10H,2H2,1H3/b8-3-,15-12?. The Kier molecular flexibility index (Phi) is 3.40. The third kappa shape index (κ3) is 2.28. The highest BCUT2D eigenvalue weighted by Crippen LogP contribution is 2.15. The lowest BCUT2D eigenvalue weighted by molar-refractivity contribution is 1.29. The lowest BCUT2D eigenvalue weighted by Crippen LogP contribution is -1.98. The van der Waals surface area contributed by atoms with Crippen molar-refractivity contribution in [2.45, 2.75) is 6.92 Å². The highest BCUT2D eigenvalue weighted by Gasteiger charge is 2.05. The summed E-state index contributed by atoms with van der Waals surface area (Å²) in [5.41, 5.74) is 3.45. The van der Waals surface area contributed by atoms with Gasteiger partial charge in [-0.15, -0.1) is 0 Å². The summed E-state index contributed by atoms with van der Waals surface area (Å²) in [5, 5.41) is 0. The number of hydrogen-bond acceptors (Lipinski definition) is 3. The Morgan fingerprint density at radius 2 is 2.12 bits per heavy atom. The quantitative estimate of drug-likeness (QED) is 0.750. The molecule has 2 rings (SSSR count). The van der Waals surface area contributed by atoms with Crippen LogP contribution in [0.5, 0.6) is 0 Å². The summed E-state index contributed by atoms with van der Waals surface area (Å²) in [5.74, 6) is 0. The number of para-hydroxylation sites is 1. The molecule has 0 amide bonds. The second kappa shape index (κ2) is 5.16. The number of aromatic nitrogens is 2. The Bertz CT molecular complexity index is 592. The number of fused-ring (bicyclic) bond motifs is 1. The third-order valence-electron chi connectivity index (χ3n) is 2.33. The number of aliphatic imine (C=N–C) groups is 1. The van der Waals surface area contributed by atoms with E-state index in [4.69, 9.17) is 0 Å². The Labute approximate surface area is 100 Å². The molecule has 0 aliphatic carbocycles. The zero-order chi connectivity index (χ0) is 12.1. The first-order valence-electron chi connectivity index (χ1n) is 5.38. The monoisotopic (exact) mass is 223 g/mol. The van der Waals surface area contributed by atoms with Crippen molar-refractivity contribution < 1.29 is 0 Å². The summed E-state index contributed by atoms with van der Waals surface area (Å²) in [6.45, 7) is 5.71. The van der Waals surface area contributed by atoms with E-state index in [1.165, 1.54) is 0 Å². The second-order valence-electron chi connectivity index (χ2n) is 3.43. The molecule has 0 saturated heterocycles. The maximum atomic E-state index is 4.34. The molecule has 0 unspecified atom stereocenters. The molecule has 3 heteroatoms. The molecule has 0 atom stereocenters. The van der Waals surface area contributed by atoms with Crippen molar-refractivity contribution in [3.8, 4) is 0 Å². The van der Waals surface area contributed by atoms with Crippen molar-refractivity contribution in [2.24, 2.45) is 4.99 Å². The van der Waals surface area contributed by atoms with Crippen LogP contribution in [0.3, 0.4) is 0 Å². The van der Waals surface area contributed by atoms with E-state index in [2.05, 4.69) is 21.5 Å². The van der Waals surface area contributed by atoms with E-state index in [9.17, 15) is 0 Å². The predicted octanol–water partition coefficient (Wildman–Crippen LogP) is 3.14. The summed E-state index contributed by atoms with van der Waals surface area (Å²) in [6.07, 6.45) is 8.71. The van der Waals surface area contributed by atoms with Crippen LogP contribution in [-0.4, -0.2) is 15.7 Å². The second-order valence-corrected chi connectivity index (χ2v) is 3.43. The molecule has 0 radical (unpaired) electrons. The molecule has 1 heterocycles. The van der Waals surface area contributed by atoms with Crippen molar-refractivity contribution in [1.29, 1.82) is 0 Å². The number of nitrogens with zero attached hydrogens (tertiary/aromatic N) is 3. The Morgan fingerprint density at radius 3 is 2.88 bits per heavy atom. The zero-order valence-electron chi connectivity index (χ0n) is 9.67. The normalized spacial score (nSPS) is 12.2. The zero-order valence-corrected chi connectivity index (χ0v) is 9.67. The highest BCUT2D eigenvalue weighted by molar-refractivity contribution is 6.15. The molecule has 0 aliphatic heterocycles. The molecular formula is C14H13N3. The van der Waals surface area contributed by atoms with Gasteiger partial charge in [-0.1, -0.05) is 24.8 Å². The summed E-state index contributed by atoms with van der Waals surface area (Å²) < 4.78 is 0. The van der Waals surface area contributed by atoms with Crippen molar-refractivity contribution in [3.63, 3.8) is 0 Å². The minimum Gasteiger partial charge on any atom is -0.257 e. The van der Waals surface area contributed by atoms with Gasteiger partial charge in [-0.05, 0) is 19.1 Å². The van der Waals surface area contributed by atoms with Gasteiger partial charge in [0, 0.05) is 24.2 Å². The van der Waals surface area contributed by atoms with Gasteiger partial charge in [0.05, 0.1) is 16.7 Å². The lowest BCUT2D eigenvalue weighted by atomic mass is 10.1. The van der Waals surface area contributed by atoms with Crippen LogP contribution in [0.15, 0.2) is 60.5 Å². The van der Waals surface area contributed by atoms with Crippen LogP contribution in [0.4, 0.5) is 0 Å². The molecule has 0 fully saturated rings. The number of hydrogen-bond donors (Lipinski definition) is 0. The fourth-order valence-corrected chi connectivity index (χ4v) is 1.59. The fourth-order valence-electron chi connectivity index (χ4n) is 1.59. The van der Waals surface area contributed by atoms with E-state index in [-0.39, 0.29) is 0 Å². The first-order chi connectivity index (χ1) is 8.36. The molecule has 1 aromatic heterocycles. The smallest absolute Gasteiger partial charge is 0.0980 e. The van der Waals surface area contributed by atoms with E-state index in [1.54, 1.807) is 24.7 Å². The maximum Gasteiger partial charge on any atom is 0.0980 e. The molecular weight excluding hydrogens is 210 g/mol. The molecule has 0 saturated carbocycles. The molecule has 0 aliphatic rings. The van der Waals surface area contributed by atoms with Gasteiger partial charge in [-0.2, -0.15) is 0 Å². The van der Waals surface area contributed by atoms with E-state index >= 15 is 0 Å². The van der Waals surface area contributed by atoms with Crippen molar-refractivity contribution >= 4 is 16.7 Å². The van der Waals surface area contributed by atoms with Crippen LogP contribution >= 0.6 is 0 Å². The van der Waals surface area contributed by atoms with Gasteiger partial charge in [0.2, 0.25) is 0 Å². The van der Waals surface area contributed by atoms with E-state index in [0.717, 1.165) is 22.3 Å².